The van der Waals surface area contributed by atoms with Crippen LogP contribution in [0.25, 0.3) is 6.08 Å². The van der Waals surface area contributed by atoms with Gasteiger partial charge in [-0.25, -0.2) is 4.79 Å². The van der Waals surface area contributed by atoms with Crippen LogP contribution in [0.15, 0.2) is 57.6 Å². The van der Waals surface area contributed by atoms with Crippen LogP contribution in [-0.2, 0) is 9.59 Å². The molecule has 28 heavy (non-hydrogen) atoms. The summed E-state index contributed by atoms with van der Waals surface area (Å²) in [5, 5.41) is 14.5. The van der Waals surface area contributed by atoms with Crippen molar-refractivity contribution < 1.29 is 24.2 Å². The van der Waals surface area contributed by atoms with E-state index in [1.807, 2.05) is 30.3 Å². The zero-order chi connectivity index (χ0) is 20.3. The fourth-order valence-corrected chi connectivity index (χ4v) is 3.27. The second-order valence-electron chi connectivity index (χ2n) is 5.91. The second kappa shape index (κ2) is 8.26. The van der Waals surface area contributed by atoms with E-state index < -0.39 is 12.6 Å². The molecule has 1 N–H and O–H groups in total. The molecule has 0 unspecified atom stereocenters. The zero-order valence-corrected chi connectivity index (χ0v) is 16.8. The molecule has 0 atom stereocenters. The van der Waals surface area contributed by atoms with E-state index in [1.165, 1.54) is 12.1 Å². The molecule has 1 aliphatic heterocycles. The number of methoxy groups -OCH3 is 1. The number of hydrazone groups is 1. The van der Waals surface area contributed by atoms with Crippen LogP contribution in [-0.4, -0.2) is 36.4 Å². The highest BCUT2D eigenvalue weighted by atomic mass is 79.9. The first-order chi connectivity index (χ1) is 13.4. The van der Waals surface area contributed by atoms with Crippen molar-refractivity contribution >= 4 is 45.3 Å². The molecule has 144 valence electrons. The van der Waals surface area contributed by atoms with Crippen LogP contribution in [0.2, 0.25) is 0 Å². The first-order valence-electron chi connectivity index (χ1n) is 8.29. The van der Waals surface area contributed by atoms with Crippen LogP contribution in [0.3, 0.4) is 0 Å². The maximum atomic E-state index is 12.8. The number of benzene rings is 2. The molecule has 1 amide bonds. The third-order valence-electron chi connectivity index (χ3n) is 3.97. The number of aliphatic carboxylic acids is 1. The number of carboxylic acid groups (broad SMARTS) is 1. The number of ether oxygens (including phenoxy) is 2. The number of carbonyl (C=O) groups excluding carboxylic acids is 1. The van der Waals surface area contributed by atoms with Crippen molar-refractivity contribution in [1.29, 1.82) is 0 Å². The van der Waals surface area contributed by atoms with Crippen LogP contribution in [0, 0.1) is 0 Å². The van der Waals surface area contributed by atoms with Crippen molar-refractivity contribution in [3.05, 3.63) is 58.1 Å². The summed E-state index contributed by atoms with van der Waals surface area (Å²) in [5.74, 6) is -0.696. The number of nitrogens with zero attached hydrogens (tertiary/aromatic N) is 2. The van der Waals surface area contributed by atoms with Gasteiger partial charge in [0.2, 0.25) is 0 Å². The fraction of sp³-hybridized carbons (Fsp3) is 0.150. The van der Waals surface area contributed by atoms with Gasteiger partial charge in [-0.2, -0.15) is 10.1 Å². The Bertz CT molecular complexity index is 986. The topological polar surface area (TPSA) is 88.4 Å². The molecule has 0 aromatic heterocycles. The van der Waals surface area contributed by atoms with Crippen LogP contribution in [0.5, 0.6) is 11.5 Å². The lowest BCUT2D eigenvalue weighted by Gasteiger charge is -2.13. The Morgan fingerprint density at radius 3 is 2.64 bits per heavy atom. The maximum absolute atomic E-state index is 12.8. The van der Waals surface area contributed by atoms with Gasteiger partial charge in [-0.1, -0.05) is 18.2 Å². The third kappa shape index (κ3) is 4.07. The first-order valence-corrected chi connectivity index (χ1v) is 9.09. The van der Waals surface area contributed by atoms with E-state index in [1.54, 1.807) is 25.1 Å². The number of anilines is 1. The van der Waals surface area contributed by atoms with E-state index in [9.17, 15) is 9.59 Å². The van der Waals surface area contributed by atoms with Crippen LogP contribution in [0.4, 0.5) is 5.69 Å². The summed E-state index contributed by atoms with van der Waals surface area (Å²) < 4.78 is 11.1. The van der Waals surface area contributed by atoms with Gasteiger partial charge in [0, 0.05) is 0 Å². The number of para-hydroxylation sites is 1. The van der Waals surface area contributed by atoms with Crippen molar-refractivity contribution in [2.45, 2.75) is 6.92 Å². The number of halogens is 1. The molecule has 8 heteroatoms. The number of rotatable bonds is 6. The third-order valence-corrected chi connectivity index (χ3v) is 4.56. The Hall–Kier alpha value is -3.13. The number of hydrogen-bond acceptors (Lipinski definition) is 5. The molecular weight excluding hydrogens is 428 g/mol. The quantitative estimate of drug-likeness (QED) is 0.685. The van der Waals surface area contributed by atoms with E-state index in [4.69, 9.17) is 14.6 Å². The van der Waals surface area contributed by atoms with Gasteiger partial charge in [0.05, 0.1) is 28.6 Å². The van der Waals surface area contributed by atoms with Crippen molar-refractivity contribution in [3.8, 4) is 11.5 Å². The molecule has 0 saturated heterocycles. The number of carbonyl (C=O) groups is 2. The predicted octanol–water partition coefficient (Wildman–Crippen LogP) is 3.73. The summed E-state index contributed by atoms with van der Waals surface area (Å²) in [5.41, 5.74) is 2.41. The van der Waals surface area contributed by atoms with Crippen LogP contribution >= 0.6 is 15.9 Å². The van der Waals surface area contributed by atoms with Gasteiger partial charge in [0.1, 0.15) is 0 Å². The van der Waals surface area contributed by atoms with Crippen LogP contribution < -0.4 is 14.5 Å². The fourth-order valence-electron chi connectivity index (χ4n) is 2.69. The van der Waals surface area contributed by atoms with Gasteiger partial charge in [-0.05, 0) is 58.8 Å². The largest absolute Gasteiger partial charge is 0.493 e. The van der Waals surface area contributed by atoms with E-state index in [-0.39, 0.29) is 11.7 Å². The monoisotopic (exact) mass is 444 g/mol. The van der Waals surface area contributed by atoms with Gasteiger partial charge >= 0.3 is 5.97 Å². The molecule has 0 spiro atoms. The van der Waals surface area contributed by atoms with Gasteiger partial charge in [-0.15, -0.1) is 0 Å². The summed E-state index contributed by atoms with van der Waals surface area (Å²) in [7, 11) is 1.46. The summed E-state index contributed by atoms with van der Waals surface area (Å²) >= 11 is 3.36. The lowest BCUT2D eigenvalue weighted by atomic mass is 10.1. The van der Waals surface area contributed by atoms with E-state index in [0.29, 0.717) is 32.8 Å². The lowest BCUT2D eigenvalue weighted by Crippen LogP contribution is -2.21. The van der Waals surface area contributed by atoms with Gasteiger partial charge in [-0.3, -0.25) is 4.79 Å². The number of amides is 1. The van der Waals surface area contributed by atoms with E-state index in [2.05, 4.69) is 21.0 Å². The maximum Gasteiger partial charge on any atom is 0.341 e. The molecule has 0 radical (unpaired) electrons. The average molecular weight is 445 g/mol. The summed E-state index contributed by atoms with van der Waals surface area (Å²) in [6.45, 7) is 1.27. The Morgan fingerprint density at radius 1 is 1.29 bits per heavy atom. The molecule has 1 aliphatic rings. The van der Waals surface area contributed by atoms with E-state index >= 15 is 0 Å². The average Bonchev–Trinajstić information content (AvgIpc) is 2.95. The molecule has 0 fully saturated rings. The van der Waals surface area contributed by atoms with Crippen molar-refractivity contribution in [3.63, 3.8) is 0 Å². The minimum Gasteiger partial charge on any atom is -0.493 e. The molecule has 1 heterocycles. The minimum atomic E-state index is -1.09. The zero-order valence-electron chi connectivity index (χ0n) is 15.2. The number of hydrogen-bond donors (Lipinski definition) is 1. The smallest absolute Gasteiger partial charge is 0.341 e. The second-order valence-corrected chi connectivity index (χ2v) is 6.77. The standard InChI is InChI=1S/C20H17BrN2O5/c1-12-15(20(26)23(22-12)14-6-4-3-5-7-14)8-13-9-16(21)19(17(10-13)27-2)28-11-18(24)25/h3-10H,11H2,1-2H3,(H,24,25)/b15-8+. The Balaban J connectivity index is 1.93. The Kier molecular flexibility index (Phi) is 5.79. The van der Waals surface area contributed by atoms with Gasteiger partial charge < -0.3 is 14.6 Å². The Labute approximate surface area is 170 Å². The normalized spacial score (nSPS) is 15.0. The van der Waals surface area contributed by atoms with Crippen molar-refractivity contribution in [2.24, 2.45) is 5.10 Å². The highest BCUT2D eigenvalue weighted by Gasteiger charge is 2.28. The van der Waals surface area contributed by atoms with E-state index in [0.717, 1.165) is 0 Å². The minimum absolute atomic E-state index is 0.231. The van der Waals surface area contributed by atoms with Crippen LogP contribution in [0.1, 0.15) is 12.5 Å². The molecule has 0 aliphatic carbocycles. The molecule has 0 saturated carbocycles. The SMILES string of the molecule is COc1cc(/C=C2/C(=O)N(c3ccccc3)N=C2C)cc(Br)c1OCC(=O)O. The predicted molar refractivity (Wildman–Crippen MR) is 109 cm³/mol. The molecule has 7 nitrogen and oxygen atoms in total. The number of carboxylic acids is 1. The first kappa shape index (κ1) is 19.6. The summed E-state index contributed by atoms with van der Waals surface area (Å²) in [6, 6.07) is 12.6. The Morgan fingerprint density at radius 2 is 2.00 bits per heavy atom. The highest BCUT2D eigenvalue weighted by Crippen LogP contribution is 2.37. The molecule has 2 aromatic rings. The highest BCUT2D eigenvalue weighted by molar-refractivity contribution is 9.10. The summed E-state index contributed by atoms with van der Waals surface area (Å²) in [4.78, 5) is 23.6. The van der Waals surface area contributed by atoms with Gasteiger partial charge in [0.25, 0.3) is 5.91 Å². The molecular formula is C20H17BrN2O5. The van der Waals surface area contributed by atoms with Crippen molar-refractivity contribution in [1.82, 2.24) is 0 Å². The van der Waals surface area contributed by atoms with Crippen molar-refractivity contribution in [2.75, 3.05) is 18.7 Å². The molecule has 2 aromatic carbocycles. The summed E-state index contributed by atoms with van der Waals surface area (Å²) in [6.07, 6.45) is 1.71. The lowest BCUT2D eigenvalue weighted by molar-refractivity contribution is -0.139. The molecule has 3 rings (SSSR count). The molecule has 0 bridgehead atoms. The van der Waals surface area contributed by atoms with Gasteiger partial charge in [0.15, 0.2) is 18.1 Å².